The largest absolute Gasteiger partial charge is 0.488 e. The number of fused-ring (bicyclic) bond motifs is 1. The van der Waals surface area contributed by atoms with Crippen LogP contribution in [0.25, 0.3) is 28.2 Å². The Morgan fingerprint density at radius 1 is 1.04 bits per heavy atom. The molecule has 2 aromatic heterocycles. The van der Waals surface area contributed by atoms with E-state index in [9.17, 15) is 0 Å². The molecule has 4 rings (SSSR count). The van der Waals surface area contributed by atoms with Gasteiger partial charge in [0.1, 0.15) is 5.82 Å². The van der Waals surface area contributed by atoms with Crippen molar-refractivity contribution in [1.29, 1.82) is 0 Å². The molecule has 0 bridgehead atoms. The molecule has 129 valence electrons. The van der Waals surface area contributed by atoms with Crippen LogP contribution in [-0.4, -0.2) is 25.2 Å². The van der Waals surface area contributed by atoms with Crippen molar-refractivity contribution < 1.29 is 24.5 Å². The molecule has 2 heterocycles. The Morgan fingerprint density at radius 3 is 2.48 bits per heavy atom. The molecule has 1 radical (unpaired) electrons. The van der Waals surface area contributed by atoms with Crippen LogP contribution < -0.4 is 0 Å². The summed E-state index contributed by atoms with van der Waals surface area (Å²) in [5, 5.41) is 12.2. The van der Waals surface area contributed by atoms with Crippen LogP contribution in [0.3, 0.4) is 0 Å². The average Bonchev–Trinajstić information content (AvgIpc) is 3.10. The van der Waals surface area contributed by atoms with Gasteiger partial charge in [-0.3, -0.25) is 0 Å². The summed E-state index contributed by atoms with van der Waals surface area (Å²) in [6.07, 6.45) is 0. The zero-order valence-electron chi connectivity index (χ0n) is 14.3. The van der Waals surface area contributed by atoms with E-state index in [4.69, 9.17) is 4.42 Å². The van der Waals surface area contributed by atoms with Gasteiger partial charge in [0.2, 0.25) is 0 Å². The van der Waals surface area contributed by atoms with Crippen molar-refractivity contribution >= 4 is 11.1 Å². The van der Waals surface area contributed by atoms with E-state index in [1.165, 1.54) is 5.56 Å². The third-order valence-electron chi connectivity index (χ3n) is 3.99. The normalized spacial score (nSPS) is 10.9. The summed E-state index contributed by atoms with van der Waals surface area (Å²) in [6.45, 7) is 8.03. The van der Waals surface area contributed by atoms with Crippen LogP contribution in [0.1, 0.15) is 22.6 Å². The Hall–Kier alpha value is -2.37. The Balaban J connectivity index is 0.00000182. The minimum Gasteiger partial charge on any atom is -0.488 e. The Morgan fingerprint density at radius 2 is 1.76 bits per heavy atom. The van der Waals surface area contributed by atoms with Gasteiger partial charge < -0.3 is 4.42 Å². The van der Waals surface area contributed by atoms with Crippen LogP contribution in [0.15, 0.2) is 28.7 Å². The number of rotatable bonds is 2. The number of tetrazole rings is 1. The van der Waals surface area contributed by atoms with Crippen molar-refractivity contribution in [3.8, 4) is 17.1 Å². The Labute approximate surface area is 158 Å². The molecular formula is C18H16IrN5O-. The number of nitrogens with zero attached hydrogens (tertiary/aromatic N) is 5. The fraction of sp³-hybridized carbons (Fsp3) is 0.222. The van der Waals surface area contributed by atoms with Crippen molar-refractivity contribution in [3.05, 3.63) is 52.9 Å². The quantitative estimate of drug-likeness (QED) is 0.386. The molecule has 0 aliphatic rings. The van der Waals surface area contributed by atoms with Gasteiger partial charge in [-0.15, -0.1) is 23.8 Å². The van der Waals surface area contributed by atoms with Crippen molar-refractivity contribution in [2.75, 3.05) is 0 Å². The summed E-state index contributed by atoms with van der Waals surface area (Å²) < 4.78 is 7.26. The van der Waals surface area contributed by atoms with Crippen molar-refractivity contribution in [3.63, 3.8) is 0 Å². The minimum absolute atomic E-state index is 0. The molecule has 7 heteroatoms. The maximum atomic E-state index is 5.51. The summed E-state index contributed by atoms with van der Waals surface area (Å²) in [5.41, 5.74) is 6.71. The molecule has 0 amide bonds. The van der Waals surface area contributed by atoms with Gasteiger partial charge in [0.25, 0.3) is 0 Å². The standard InChI is InChI=1S/C18H16N5O.Ir/c1-10-7-11(2)17(12(3)8-10)23-18(20-21-22-23)14-5-6-16-15(9-14)19-13(4)24-16;/h6-9H,1-4H3;/q-1;. The van der Waals surface area contributed by atoms with Gasteiger partial charge in [-0.1, -0.05) is 17.7 Å². The summed E-state index contributed by atoms with van der Waals surface area (Å²) in [7, 11) is 0. The maximum absolute atomic E-state index is 5.51. The van der Waals surface area contributed by atoms with Gasteiger partial charge >= 0.3 is 0 Å². The van der Waals surface area contributed by atoms with Gasteiger partial charge in [-0.2, -0.15) is 5.10 Å². The fourth-order valence-corrected chi connectivity index (χ4v) is 3.13. The van der Waals surface area contributed by atoms with E-state index in [1.54, 1.807) is 10.7 Å². The molecule has 0 unspecified atom stereocenters. The molecular weight excluding hydrogens is 494 g/mol. The monoisotopic (exact) mass is 511 g/mol. The number of benzene rings is 2. The topological polar surface area (TPSA) is 69.6 Å². The number of oxazole rings is 1. The van der Waals surface area contributed by atoms with E-state index in [0.29, 0.717) is 17.3 Å². The van der Waals surface area contributed by atoms with Gasteiger partial charge in [0.05, 0.1) is 11.3 Å². The van der Waals surface area contributed by atoms with E-state index in [-0.39, 0.29) is 20.1 Å². The van der Waals surface area contributed by atoms with E-state index in [2.05, 4.69) is 59.5 Å². The first-order valence-corrected chi connectivity index (χ1v) is 7.69. The smallest absolute Gasteiger partial charge is 0.180 e. The third kappa shape index (κ3) is 3.01. The van der Waals surface area contributed by atoms with Crippen molar-refractivity contribution in [2.24, 2.45) is 0 Å². The number of hydrogen-bond acceptors (Lipinski definition) is 5. The fourth-order valence-electron chi connectivity index (χ4n) is 3.13. The number of aryl methyl sites for hydroxylation is 4. The van der Waals surface area contributed by atoms with Gasteiger partial charge in [0, 0.05) is 32.5 Å². The third-order valence-corrected chi connectivity index (χ3v) is 3.99. The van der Waals surface area contributed by atoms with E-state index in [0.717, 1.165) is 27.9 Å². The van der Waals surface area contributed by atoms with Crippen molar-refractivity contribution in [1.82, 2.24) is 25.2 Å². The second-order valence-electron chi connectivity index (χ2n) is 5.99. The molecule has 0 saturated carbocycles. The summed E-state index contributed by atoms with van der Waals surface area (Å²) in [5.74, 6) is 1.26. The van der Waals surface area contributed by atoms with Gasteiger partial charge in [-0.25, -0.2) is 9.67 Å². The SMILES string of the molecule is Cc1cc(C)c(-n2nnnc2-c2[c-]cc3oc(C)nc3c2)c(C)c1.[Ir]. The summed E-state index contributed by atoms with van der Waals surface area (Å²) in [6, 6.07) is 11.1. The van der Waals surface area contributed by atoms with Crippen LogP contribution >= 0.6 is 0 Å². The van der Waals surface area contributed by atoms with Crippen LogP contribution in [0.5, 0.6) is 0 Å². The van der Waals surface area contributed by atoms with Gasteiger partial charge in [0.15, 0.2) is 5.89 Å². The van der Waals surface area contributed by atoms with Crippen LogP contribution in [-0.2, 0) is 20.1 Å². The van der Waals surface area contributed by atoms with Crippen LogP contribution in [0, 0.1) is 33.8 Å². The van der Waals surface area contributed by atoms with Gasteiger partial charge in [-0.05, 0) is 42.3 Å². The zero-order chi connectivity index (χ0) is 16.8. The molecule has 0 saturated heterocycles. The first-order valence-electron chi connectivity index (χ1n) is 7.69. The second-order valence-corrected chi connectivity index (χ2v) is 5.99. The van der Waals surface area contributed by atoms with E-state index < -0.39 is 0 Å². The van der Waals surface area contributed by atoms with E-state index in [1.807, 2.05) is 13.0 Å². The Kier molecular flexibility index (Phi) is 4.54. The summed E-state index contributed by atoms with van der Waals surface area (Å²) in [4.78, 5) is 4.37. The predicted molar refractivity (Wildman–Crippen MR) is 89.9 cm³/mol. The molecule has 4 aromatic rings. The van der Waals surface area contributed by atoms with Crippen molar-refractivity contribution in [2.45, 2.75) is 27.7 Å². The molecule has 25 heavy (non-hydrogen) atoms. The average molecular weight is 511 g/mol. The molecule has 0 fully saturated rings. The molecule has 0 atom stereocenters. The molecule has 0 aliphatic carbocycles. The van der Waals surface area contributed by atoms with E-state index >= 15 is 0 Å². The Bertz CT molecular complexity index is 1040. The molecule has 6 nitrogen and oxygen atoms in total. The molecule has 0 N–H and O–H groups in total. The zero-order valence-corrected chi connectivity index (χ0v) is 16.7. The molecule has 0 spiro atoms. The second kappa shape index (κ2) is 6.50. The summed E-state index contributed by atoms with van der Waals surface area (Å²) >= 11 is 0. The van der Waals surface area contributed by atoms with Crippen LogP contribution in [0.2, 0.25) is 0 Å². The number of aromatic nitrogens is 5. The molecule has 2 aromatic carbocycles. The maximum Gasteiger partial charge on any atom is 0.180 e. The minimum atomic E-state index is 0. The molecule has 0 aliphatic heterocycles. The van der Waals surface area contributed by atoms with Crippen LogP contribution in [0.4, 0.5) is 0 Å². The first-order chi connectivity index (χ1) is 11.5. The first kappa shape index (κ1) is 17.5. The number of hydrogen-bond donors (Lipinski definition) is 0. The predicted octanol–water partition coefficient (Wildman–Crippen LogP) is 3.50.